The lowest BCUT2D eigenvalue weighted by Crippen LogP contribution is -2.46. The van der Waals surface area contributed by atoms with Crippen LogP contribution in [-0.2, 0) is 16.4 Å². The van der Waals surface area contributed by atoms with E-state index in [9.17, 15) is 13.2 Å². The molecule has 0 fully saturated rings. The van der Waals surface area contributed by atoms with Crippen molar-refractivity contribution in [2.24, 2.45) is 0 Å². The molecule has 7 heteroatoms. The second-order valence-electron chi connectivity index (χ2n) is 6.41. The number of sulfonamides is 1. The molecule has 1 aliphatic heterocycles. The van der Waals surface area contributed by atoms with Crippen LogP contribution in [0.1, 0.15) is 29.7 Å². The van der Waals surface area contributed by atoms with Crippen molar-refractivity contribution in [2.45, 2.75) is 31.2 Å². The van der Waals surface area contributed by atoms with E-state index in [1.807, 2.05) is 32.0 Å². The molecule has 138 valence electrons. The minimum Gasteiger partial charge on any atom is -0.497 e. The van der Waals surface area contributed by atoms with E-state index in [4.69, 9.17) is 4.74 Å². The molecule has 1 unspecified atom stereocenters. The zero-order valence-corrected chi connectivity index (χ0v) is 15.8. The number of carbonyl (C=O) groups is 1. The summed E-state index contributed by atoms with van der Waals surface area (Å²) in [5, 5.41) is 0. The molecule has 0 aliphatic carbocycles. The number of rotatable bonds is 3. The molecule has 2 aromatic carbocycles. The maximum atomic E-state index is 12.6. The Morgan fingerprint density at radius 2 is 1.88 bits per heavy atom. The standard InChI is InChI=1S/C19H22N2O4S/c1-13-4-7-17(8-5-13)26(23,24)20-19(22)21-11-10-15-12-16(25-3)6-9-18(15)14(21)2/h4-9,12,14H,10-11H2,1-3H3,(H,20,22). The number of carbonyl (C=O) groups excluding carboxylic acids is 1. The smallest absolute Gasteiger partial charge is 0.331 e. The van der Waals surface area contributed by atoms with Gasteiger partial charge in [0.05, 0.1) is 18.0 Å². The minimum atomic E-state index is -3.90. The van der Waals surface area contributed by atoms with Crippen molar-refractivity contribution in [3.05, 3.63) is 59.2 Å². The van der Waals surface area contributed by atoms with Crippen LogP contribution in [0.2, 0.25) is 0 Å². The van der Waals surface area contributed by atoms with Gasteiger partial charge in [0.1, 0.15) is 5.75 Å². The highest BCUT2D eigenvalue weighted by atomic mass is 32.2. The van der Waals surface area contributed by atoms with Crippen LogP contribution in [0.5, 0.6) is 5.75 Å². The largest absolute Gasteiger partial charge is 0.497 e. The number of amides is 2. The van der Waals surface area contributed by atoms with E-state index < -0.39 is 16.1 Å². The number of nitrogens with one attached hydrogen (secondary N) is 1. The fraction of sp³-hybridized carbons (Fsp3) is 0.316. The van der Waals surface area contributed by atoms with Gasteiger partial charge in [-0.05, 0) is 55.7 Å². The number of hydrogen-bond donors (Lipinski definition) is 1. The molecule has 1 N–H and O–H groups in total. The average molecular weight is 374 g/mol. The monoisotopic (exact) mass is 374 g/mol. The summed E-state index contributed by atoms with van der Waals surface area (Å²) in [5.74, 6) is 0.774. The predicted octanol–water partition coefficient (Wildman–Crippen LogP) is 3.02. The van der Waals surface area contributed by atoms with E-state index in [1.165, 1.54) is 12.1 Å². The minimum absolute atomic E-state index is 0.0752. The Bertz CT molecular complexity index is 923. The summed E-state index contributed by atoms with van der Waals surface area (Å²) in [6.07, 6.45) is 0.648. The number of methoxy groups -OCH3 is 1. The lowest BCUT2D eigenvalue weighted by Gasteiger charge is -2.35. The second kappa shape index (κ2) is 6.99. The SMILES string of the molecule is COc1ccc2c(c1)CCN(C(=O)NS(=O)(=O)c1ccc(C)cc1)C2C. The van der Waals surface area contributed by atoms with Crippen molar-refractivity contribution in [2.75, 3.05) is 13.7 Å². The van der Waals surface area contributed by atoms with Gasteiger partial charge in [-0.25, -0.2) is 17.9 Å². The van der Waals surface area contributed by atoms with Crippen LogP contribution in [0.3, 0.4) is 0 Å². The number of fused-ring (bicyclic) bond motifs is 1. The first kappa shape index (κ1) is 18.3. The molecule has 1 heterocycles. The third-order valence-corrected chi connectivity index (χ3v) is 6.04. The summed E-state index contributed by atoms with van der Waals surface area (Å²) >= 11 is 0. The average Bonchev–Trinajstić information content (AvgIpc) is 2.61. The maximum absolute atomic E-state index is 12.6. The molecule has 0 spiro atoms. The van der Waals surface area contributed by atoms with Crippen molar-refractivity contribution in [3.63, 3.8) is 0 Å². The fourth-order valence-corrected chi connectivity index (χ4v) is 4.12. The number of ether oxygens (including phenoxy) is 1. The van der Waals surface area contributed by atoms with Crippen molar-refractivity contribution in [1.29, 1.82) is 0 Å². The molecular formula is C19H22N2O4S. The molecule has 0 radical (unpaired) electrons. The number of hydrogen-bond acceptors (Lipinski definition) is 4. The molecule has 0 bridgehead atoms. The predicted molar refractivity (Wildman–Crippen MR) is 98.7 cm³/mol. The first-order chi connectivity index (χ1) is 12.3. The van der Waals surface area contributed by atoms with Gasteiger partial charge in [0.15, 0.2) is 0 Å². The van der Waals surface area contributed by atoms with Gasteiger partial charge in [0, 0.05) is 6.54 Å². The van der Waals surface area contributed by atoms with E-state index in [0.717, 1.165) is 22.4 Å². The zero-order chi connectivity index (χ0) is 18.9. The van der Waals surface area contributed by atoms with E-state index in [1.54, 1.807) is 24.1 Å². The van der Waals surface area contributed by atoms with Gasteiger partial charge in [0.25, 0.3) is 10.0 Å². The van der Waals surface area contributed by atoms with Crippen LogP contribution in [0, 0.1) is 6.92 Å². The van der Waals surface area contributed by atoms with E-state index in [2.05, 4.69) is 4.72 Å². The third-order valence-electron chi connectivity index (χ3n) is 4.70. The van der Waals surface area contributed by atoms with Crippen LogP contribution in [0.25, 0.3) is 0 Å². The van der Waals surface area contributed by atoms with Crippen LogP contribution >= 0.6 is 0 Å². The fourth-order valence-electron chi connectivity index (χ4n) is 3.16. The second-order valence-corrected chi connectivity index (χ2v) is 8.09. The van der Waals surface area contributed by atoms with Gasteiger partial charge in [-0.3, -0.25) is 0 Å². The molecule has 6 nitrogen and oxygen atoms in total. The van der Waals surface area contributed by atoms with E-state index in [0.29, 0.717) is 13.0 Å². The molecule has 3 rings (SSSR count). The molecule has 1 atom stereocenters. The van der Waals surface area contributed by atoms with E-state index in [-0.39, 0.29) is 10.9 Å². The number of urea groups is 1. The molecule has 2 aromatic rings. The van der Waals surface area contributed by atoms with Gasteiger partial charge in [0.2, 0.25) is 0 Å². The summed E-state index contributed by atoms with van der Waals surface area (Å²) in [6, 6.07) is 11.3. The van der Waals surface area contributed by atoms with Gasteiger partial charge in [-0.1, -0.05) is 23.8 Å². The number of benzene rings is 2. The van der Waals surface area contributed by atoms with Crippen LogP contribution in [-0.4, -0.2) is 33.0 Å². The summed E-state index contributed by atoms with van der Waals surface area (Å²) in [5.41, 5.74) is 3.06. The van der Waals surface area contributed by atoms with Gasteiger partial charge in [-0.2, -0.15) is 0 Å². The first-order valence-corrected chi connectivity index (χ1v) is 9.87. The normalized spacial score (nSPS) is 16.7. The topological polar surface area (TPSA) is 75.7 Å². The van der Waals surface area contributed by atoms with E-state index >= 15 is 0 Å². The number of nitrogens with zero attached hydrogens (tertiary/aromatic N) is 1. The molecular weight excluding hydrogens is 352 g/mol. The van der Waals surface area contributed by atoms with Crippen molar-refractivity contribution in [3.8, 4) is 5.75 Å². The van der Waals surface area contributed by atoms with Crippen molar-refractivity contribution in [1.82, 2.24) is 9.62 Å². The lowest BCUT2D eigenvalue weighted by molar-refractivity contribution is 0.180. The van der Waals surface area contributed by atoms with Crippen LogP contribution in [0.15, 0.2) is 47.4 Å². The molecule has 0 aromatic heterocycles. The summed E-state index contributed by atoms with van der Waals surface area (Å²) in [7, 11) is -2.28. The highest BCUT2D eigenvalue weighted by Gasteiger charge is 2.30. The first-order valence-electron chi connectivity index (χ1n) is 8.39. The van der Waals surface area contributed by atoms with Crippen molar-refractivity contribution >= 4 is 16.1 Å². The Hall–Kier alpha value is -2.54. The Morgan fingerprint density at radius 3 is 2.54 bits per heavy atom. The number of aryl methyl sites for hydroxylation is 1. The Labute approximate surface area is 153 Å². The highest BCUT2D eigenvalue weighted by Crippen LogP contribution is 2.31. The third kappa shape index (κ3) is 3.53. The molecule has 0 saturated carbocycles. The van der Waals surface area contributed by atoms with Crippen molar-refractivity contribution < 1.29 is 17.9 Å². The Balaban J connectivity index is 1.79. The molecule has 0 saturated heterocycles. The zero-order valence-electron chi connectivity index (χ0n) is 15.0. The summed E-state index contributed by atoms with van der Waals surface area (Å²) in [6.45, 7) is 4.20. The summed E-state index contributed by atoms with van der Waals surface area (Å²) < 4.78 is 32.3. The van der Waals surface area contributed by atoms with Gasteiger partial charge >= 0.3 is 6.03 Å². The highest BCUT2D eigenvalue weighted by molar-refractivity contribution is 7.90. The van der Waals surface area contributed by atoms with Gasteiger partial charge < -0.3 is 9.64 Å². The van der Waals surface area contributed by atoms with Gasteiger partial charge in [-0.15, -0.1) is 0 Å². The molecule has 1 aliphatic rings. The quantitative estimate of drug-likeness (QED) is 0.896. The van der Waals surface area contributed by atoms with Crippen LogP contribution < -0.4 is 9.46 Å². The lowest BCUT2D eigenvalue weighted by atomic mass is 9.93. The molecule has 26 heavy (non-hydrogen) atoms. The Kier molecular flexibility index (Phi) is 4.91. The Morgan fingerprint density at radius 1 is 1.19 bits per heavy atom. The summed E-state index contributed by atoms with van der Waals surface area (Å²) in [4.78, 5) is 14.2. The van der Waals surface area contributed by atoms with Crippen LogP contribution in [0.4, 0.5) is 4.79 Å². The molecule has 2 amide bonds. The maximum Gasteiger partial charge on any atom is 0.331 e.